The largest absolute Gasteiger partial charge is 0.481 e. The lowest BCUT2D eigenvalue weighted by atomic mass is 9.89. The van der Waals surface area contributed by atoms with E-state index >= 15 is 0 Å². The number of alkyl carbamates (subject to hydrolysis) is 1. The highest BCUT2D eigenvalue weighted by Gasteiger charge is 2.29. The van der Waals surface area contributed by atoms with Gasteiger partial charge in [0.1, 0.15) is 5.60 Å². The molecule has 2 aliphatic rings. The number of nitrogens with one attached hydrogen (secondary N) is 2. The van der Waals surface area contributed by atoms with Crippen LogP contribution < -0.4 is 20.3 Å². The van der Waals surface area contributed by atoms with E-state index in [1.54, 1.807) is 7.11 Å². The van der Waals surface area contributed by atoms with Gasteiger partial charge in [-0.1, -0.05) is 18.2 Å². The summed E-state index contributed by atoms with van der Waals surface area (Å²) in [5, 5.41) is 6.23. The van der Waals surface area contributed by atoms with E-state index in [1.165, 1.54) is 5.56 Å². The first kappa shape index (κ1) is 31.4. The Balaban J connectivity index is 1.55. The van der Waals surface area contributed by atoms with E-state index in [4.69, 9.17) is 9.47 Å². The molecule has 0 bridgehead atoms. The van der Waals surface area contributed by atoms with Gasteiger partial charge < -0.3 is 25.0 Å². The van der Waals surface area contributed by atoms with Crippen LogP contribution in [0.5, 0.6) is 5.88 Å². The van der Waals surface area contributed by atoms with Crippen molar-refractivity contribution in [1.82, 2.24) is 15.6 Å². The number of aromatic nitrogens is 1. The SMILES string of the molecule is CCN(c1cccc2c1C/C=C/CCCc1cc(C)nc(OC)c1CNC2=O)[C@H]1CC[C@H](NC(=O)OC(C)(C)C)CC1. The molecule has 42 heavy (non-hydrogen) atoms. The molecule has 1 aliphatic heterocycles. The Hall–Kier alpha value is -3.55. The summed E-state index contributed by atoms with van der Waals surface area (Å²) in [6.07, 6.45) is 11.4. The van der Waals surface area contributed by atoms with Gasteiger partial charge >= 0.3 is 6.09 Å². The summed E-state index contributed by atoms with van der Waals surface area (Å²) in [4.78, 5) is 33.0. The van der Waals surface area contributed by atoms with E-state index in [-0.39, 0.29) is 18.0 Å². The van der Waals surface area contributed by atoms with Gasteiger partial charge in [-0.15, -0.1) is 0 Å². The molecule has 1 aromatic carbocycles. The molecule has 8 nitrogen and oxygen atoms in total. The quantitative estimate of drug-likeness (QED) is 0.399. The van der Waals surface area contributed by atoms with Crippen molar-refractivity contribution in [3.05, 3.63) is 64.4 Å². The lowest BCUT2D eigenvalue weighted by molar-refractivity contribution is 0.0491. The van der Waals surface area contributed by atoms with Crippen LogP contribution in [-0.4, -0.2) is 48.3 Å². The number of fused-ring (bicyclic) bond motifs is 2. The number of nitrogens with zero attached hydrogens (tertiary/aromatic N) is 2. The molecule has 228 valence electrons. The molecule has 1 fully saturated rings. The average molecular weight is 577 g/mol. The number of rotatable bonds is 5. The smallest absolute Gasteiger partial charge is 0.407 e. The van der Waals surface area contributed by atoms with Crippen LogP contribution in [0.15, 0.2) is 36.4 Å². The minimum atomic E-state index is -0.508. The number of carbonyl (C=O) groups is 2. The molecule has 2 N–H and O–H groups in total. The third-order valence-electron chi connectivity index (χ3n) is 8.14. The van der Waals surface area contributed by atoms with Gasteiger partial charge in [-0.3, -0.25) is 4.79 Å². The van der Waals surface area contributed by atoms with Gasteiger partial charge in [-0.2, -0.15) is 0 Å². The molecule has 1 saturated carbocycles. The van der Waals surface area contributed by atoms with Crippen molar-refractivity contribution in [2.45, 2.75) is 110 Å². The van der Waals surface area contributed by atoms with Gasteiger partial charge in [0.15, 0.2) is 0 Å². The molecule has 2 heterocycles. The number of allylic oxidation sites excluding steroid dienone is 2. The van der Waals surface area contributed by atoms with E-state index in [1.807, 2.05) is 39.8 Å². The van der Waals surface area contributed by atoms with Gasteiger partial charge in [0, 0.05) is 47.7 Å². The first-order chi connectivity index (χ1) is 20.1. The number of hydrogen-bond acceptors (Lipinski definition) is 6. The number of carbonyl (C=O) groups excluding carboxylic acids is 2. The maximum atomic E-state index is 13.7. The predicted octanol–water partition coefficient (Wildman–Crippen LogP) is 6.43. The van der Waals surface area contributed by atoms with Crippen LogP contribution in [-0.2, 0) is 24.1 Å². The van der Waals surface area contributed by atoms with Crippen molar-refractivity contribution >= 4 is 17.7 Å². The van der Waals surface area contributed by atoms with Gasteiger partial charge in [0.05, 0.1) is 7.11 Å². The lowest BCUT2D eigenvalue weighted by Gasteiger charge is -2.39. The summed E-state index contributed by atoms with van der Waals surface area (Å²) in [6, 6.07) is 8.63. The van der Waals surface area contributed by atoms with Crippen molar-refractivity contribution < 1.29 is 19.1 Å². The molecule has 0 unspecified atom stereocenters. The number of pyridine rings is 1. The Kier molecular flexibility index (Phi) is 10.5. The second-order valence-corrected chi connectivity index (χ2v) is 12.4. The van der Waals surface area contributed by atoms with E-state index in [9.17, 15) is 9.59 Å². The molecular formula is C34H48N4O4. The summed E-state index contributed by atoms with van der Waals surface area (Å²) < 4.78 is 11.1. The molecule has 2 amide bonds. The fraction of sp³-hybridized carbons (Fsp3) is 0.559. The third kappa shape index (κ3) is 8.05. The molecule has 0 saturated heterocycles. The van der Waals surface area contributed by atoms with E-state index in [2.05, 4.69) is 51.7 Å². The van der Waals surface area contributed by atoms with Crippen LogP contribution in [0.3, 0.4) is 0 Å². The minimum absolute atomic E-state index is 0.0885. The highest BCUT2D eigenvalue weighted by molar-refractivity contribution is 5.97. The average Bonchev–Trinajstić information content (AvgIpc) is 2.95. The Bertz CT molecular complexity index is 1280. The summed E-state index contributed by atoms with van der Waals surface area (Å²) in [7, 11) is 1.63. The normalized spacial score (nSPS) is 20.4. The van der Waals surface area contributed by atoms with Crippen LogP contribution in [0.25, 0.3) is 0 Å². The number of anilines is 1. The standard InChI is InChI=1S/C34H48N4O4/c1-7-38(26-19-17-25(18-20-26)37-33(40)42-34(3,4)5)30-16-12-15-28-27(30)14-11-9-8-10-13-24-21-23(2)36-32(41-6)29(24)22-35-31(28)39/h9,11-12,15-16,21,25-26H,7-8,10,13-14,17-20,22H2,1-6H3,(H,35,39)(H,37,40)/b11-9+/t25-,26-. The number of ether oxygens (including phenoxy) is 2. The third-order valence-corrected chi connectivity index (χ3v) is 8.14. The van der Waals surface area contributed by atoms with Crippen molar-refractivity contribution in [2.75, 3.05) is 18.6 Å². The first-order valence-electron chi connectivity index (χ1n) is 15.4. The fourth-order valence-corrected chi connectivity index (χ4v) is 6.21. The maximum Gasteiger partial charge on any atom is 0.407 e. The van der Waals surface area contributed by atoms with Crippen molar-refractivity contribution in [3.63, 3.8) is 0 Å². The Morgan fingerprint density at radius 2 is 1.90 bits per heavy atom. The topological polar surface area (TPSA) is 92.8 Å². The molecule has 1 aromatic heterocycles. The molecule has 8 heteroatoms. The van der Waals surface area contributed by atoms with Gasteiger partial charge in [0.2, 0.25) is 5.88 Å². The summed E-state index contributed by atoms with van der Waals surface area (Å²) in [5.74, 6) is 0.494. The lowest BCUT2D eigenvalue weighted by Crippen LogP contribution is -2.45. The second-order valence-electron chi connectivity index (χ2n) is 12.4. The number of methoxy groups -OCH3 is 1. The summed E-state index contributed by atoms with van der Waals surface area (Å²) in [6.45, 7) is 11.0. The molecule has 1 aliphatic carbocycles. The Labute approximate surface area is 251 Å². The zero-order valence-corrected chi connectivity index (χ0v) is 26.2. The number of hydrogen-bond donors (Lipinski definition) is 2. The summed E-state index contributed by atoms with van der Waals surface area (Å²) in [5.41, 5.74) is 5.40. The van der Waals surface area contributed by atoms with Gasteiger partial charge in [0.25, 0.3) is 5.91 Å². The van der Waals surface area contributed by atoms with Crippen molar-refractivity contribution in [3.8, 4) is 5.88 Å². The van der Waals surface area contributed by atoms with E-state index in [0.717, 1.165) is 74.0 Å². The van der Waals surface area contributed by atoms with Crippen LogP contribution in [0.4, 0.5) is 10.5 Å². The van der Waals surface area contributed by atoms with Crippen molar-refractivity contribution in [1.29, 1.82) is 0 Å². The summed E-state index contributed by atoms with van der Waals surface area (Å²) >= 11 is 0. The minimum Gasteiger partial charge on any atom is -0.481 e. The molecule has 0 radical (unpaired) electrons. The Morgan fingerprint density at radius 3 is 2.60 bits per heavy atom. The van der Waals surface area contributed by atoms with Crippen molar-refractivity contribution in [2.24, 2.45) is 0 Å². The monoisotopic (exact) mass is 576 g/mol. The van der Waals surface area contributed by atoms with E-state index < -0.39 is 5.60 Å². The zero-order valence-electron chi connectivity index (χ0n) is 26.2. The van der Waals surface area contributed by atoms with Crippen LogP contribution >= 0.6 is 0 Å². The second kappa shape index (κ2) is 14.1. The molecular weight excluding hydrogens is 528 g/mol. The van der Waals surface area contributed by atoms with E-state index in [0.29, 0.717) is 30.5 Å². The fourth-order valence-electron chi connectivity index (χ4n) is 6.21. The number of aryl methyl sites for hydroxylation is 2. The number of amides is 2. The highest BCUT2D eigenvalue weighted by Crippen LogP contribution is 2.33. The zero-order chi connectivity index (χ0) is 30.3. The van der Waals surface area contributed by atoms with Gasteiger partial charge in [-0.25, -0.2) is 9.78 Å². The number of benzene rings is 1. The molecule has 0 atom stereocenters. The van der Waals surface area contributed by atoms with Crippen LogP contribution in [0.1, 0.15) is 99.0 Å². The maximum absolute atomic E-state index is 13.7. The Morgan fingerprint density at radius 1 is 1.14 bits per heavy atom. The molecule has 2 aromatic rings. The predicted molar refractivity (Wildman–Crippen MR) is 167 cm³/mol. The first-order valence-corrected chi connectivity index (χ1v) is 15.4. The highest BCUT2D eigenvalue weighted by atomic mass is 16.6. The molecule has 0 spiro atoms. The van der Waals surface area contributed by atoms with Gasteiger partial charge in [-0.05, 0) is 115 Å². The van der Waals surface area contributed by atoms with Crippen LogP contribution in [0, 0.1) is 6.92 Å². The van der Waals surface area contributed by atoms with Crippen LogP contribution in [0.2, 0.25) is 0 Å². The molecule has 4 rings (SSSR count).